The molecule has 0 spiro atoms. The highest BCUT2D eigenvalue weighted by Crippen LogP contribution is 2.35. The summed E-state index contributed by atoms with van der Waals surface area (Å²) in [5.74, 6) is -1.11. The fourth-order valence-electron chi connectivity index (χ4n) is 2.80. The molecule has 0 aliphatic carbocycles. The van der Waals surface area contributed by atoms with Crippen LogP contribution in [0.2, 0.25) is 0 Å². The van der Waals surface area contributed by atoms with Gasteiger partial charge in [0, 0.05) is 5.70 Å². The summed E-state index contributed by atoms with van der Waals surface area (Å²) in [7, 11) is 0. The first-order valence-electron chi connectivity index (χ1n) is 7.25. The van der Waals surface area contributed by atoms with Crippen molar-refractivity contribution in [2.75, 3.05) is 0 Å². The number of hydrogen-bond acceptors (Lipinski definition) is 1. The lowest BCUT2D eigenvalue weighted by Gasteiger charge is -2.25. The molecule has 0 radical (unpaired) electrons. The molecular weight excluding hydrogens is 280 g/mol. The molecule has 3 heteroatoms. The van der Waals surface area contributed by atoms with Crippen LogP contribution in [0, 0.1) is 18.6 Å². The van der Waals surface area contributed by atoms with E-state index in [0.29, 0.717) is 17.7 Å². The van der Waals surface area contributed by atoms with Gasteiger partial charge >= 0.3 is 0 Å². The van der Waals surface area contributed by atoms with Crippen LogP contribution in [0.4, 0.5) is 8.78 Å². The fraction of sp³-hybridized carbons (Fsp3) is 0.158. The minimum atomic E-state index is -0.553. The van der Waals surface area contributed by atoms with Crippen molar-refractivity contribution in [1.82, 2.24) is 5.32 Å². The Hall–Kier alpha value is -2.42. The number of hydrogen-bond donors (Lipinski definition) is 1. The summed E-state index contributed by atoms with van der Waals surface area (Å²) in [6, 6.07) is 12.4. The first-order chi connectivity index (χ1) is 10.6. The van der Waals surface area contributed by atoms with Crippen LogP contribution < -0.4 is 5.32 Å². The van der Waals surface area contributed by atoms with E-state index in [1.165, 1.54) is 12.1 Å². The van der Waals surface area contributed by atoms with Crippen molar-refractivity contribution in [2.24, 2.45) is 0 Å². The van der Waals surface area contributed by atoms with Crippen LogP contribution in [0.25, 0.3) is 11.3 Å². The van der Waals surface area contributed by atoms with Gasteiger partial charge < -0.3 is 5.32 Å². The number of allylic oxidation sites excluding steroid dienone is 2. The molecule has 1 aliphatic rings. The van der Waals surface area contributed by atoms with E-state index in [-0.39, 0.29) is 5.56 Å². The number of benzene rings is 2. The molecule has 2 aromatic rings. The maximum Gasteiger partial charge on any atom is 0.135 e. The number of aryl methyl sites for hydroxylation is 1. The highest BCUT2D eigenvalue weighted by Gasteiger charge is 2.23. The summed E-state index contributed by atoms with van der Waals surface area (Å²) in [5, 5.41) is 3.09. The van der Waals surface area contributed by atoms with Gasteiger partial charge in [-0.15, -0.1) is 0 Å². The van der Waals surface area contributed by atoms with Crippen molar-refractivity contribution in [3.05, 3.63) is 83.1 Å². The molecule has 112 valence electrons. The molecule has 2 aromatic carbocycles. The molecule has 0 saturated heterocycles. The maximum absolute atomic E-state index is 14.4. The molecule has 22 heavy (non-hydrogen) atoms. The summed E-state index contributed by atoms with van der Waals surface area (Å²) < 4.78 is 28.7. The average Bonchev–Trinajstić information content (AvgIpc) is 2.47. The normalized spacial score (nSPS) is 15.0. The number of nitrogens with one attached hydrogen (secondary N) is 1. The van der Waals surface area contributed by atoms with Gasteiger partial charge in [-0.25, -0.2) is 8.78 Å². The van der Waals surface area contributed by atoms with E-state index < -0.39 is 11.6 Å². The van der Waals surface area contributed by atoms with Crippen molar-refractivity contribution < 1.29 is 8.78 Å². The topological polar surface area (TPSA) is 12.0 Å². The van der Waals surface area contributed by atoms with Crippen LogP contribution in [0.5, 0.6) is 0 Å². The highest BCUT2D eigenvalue weighted by atomic mass is 19.1. The third-order valence-corrected chi connectivity index (χ3v) is 3.84. The monoisotopic (exact) mass is 297 g/mol. The van der Waals surface area contributed by atoms with Gasteiger partial charge in [0.2, 0.25) is 0 Å². The Morgan fingerprint density at radius 3 is 2.27 bits per heavy atom. The summed E-state index contributed by atoms with van der Waals surface area (Å²) in [4.78, 5) is 0. The van der Waals surface area contributed by atoms with E-state index in [9.17, 15) is 8.78 Å². The molecule has 1 aliphatic heterocycles. The first kappa shape index (κ1) is 14.5. The molecule has 1 N–H and O–H groups in total. The van der Waals surface area contributed by atoms with Gasteiger partial charge in [-0.2, -0.15) is 0 Å². The molecule has 0 bridgehead atoms. The second-order valence-corrected chi connectivity index (χ2v) is 5.55. The molecule has 0 aromatic heterocycles. The molecule has 1 nitrogen and oxygen atoms in total. The summed E-state index contributed by atoms with van der Waals surface area (Å²) >= 11 is 0. The zero-order valence-corrected chi connectivity index (χ0v) is 12.4. The van der Waals surface area contributed by atoms with Crippen molar-refractivity contribution >= 4 is 11.3 Å². The lowest BCUT2D eigenvalue weighted by Crippen LogP contribution is -2.19. The first-order valence-corrected chi connectivity index (χ1v) is 7.25. The standard InChI is InChI=1S/C19H17F2N/c1-12-10-16(20)18(17(21)11-12)19-15(9-8-13(2)22-19)14-6-4-3-5-7-14/h3-7,10-11,22H,2,8-9H2,1H3. The maximum atomic E-state index is 14.4. The Bertz CT molecular complexity index is 737. The lowest BCUT2D eigenvalue weighted by molar-refractivity contribution is 0.572. The Morgan fingerprint density at radius 1 is 1.00 bits per heavy atom. The Balaban J connectivity index is 2.23. The minimum absolute atomic E-state index is 0.00898. The minimum Gasteiger partial charge on any atom is -0.359 e. The SMILES string of the molecule is C=C1CCC(c2ccccc2)=C(c2c(F)cc(C)cc2F)N1. The van der Waals surface area contributed by atoms with Crippen LogP contribution in [0.3, 0.4) is 0 Å². The zero-order valence-electron chi connectivity index (χ0n) is 12.4. The predicted octanol–water partition coefficient (Wildman–Crippen LogP) is 5.04. The van der Waals surface area contributed by atoms with Gasteiger partial charge in [-0.3, -0.25) is 0 Å². The molecule has 0 atom stereocenters. The third kappa shape index (κ3) is 2.67. The van der Waals surface area contributed by atoms with Gasteiger partial charge in [-0.1, -0.05) is 36.9 Å². The quantitative estimate of drug-likeness (QED) is 0.819. The van der Waals surface area contributed by atoms with E-state index in [1.807, 2.05) is 30.3 Å². The molecule has 0 unspecified atom stereocenters. The zero-order chi connectivity index (χ0) is 15.7. The molecule has 0 amide bonds. The predicted molar refractivity (Wildman–Crippen MR) is 85.9 cm³/mol. The van der Waals surface area contributed by atoms with E-state index >= 15 is 0 Å². The van der Waals surface area contributed by atoms with E-state index in [1.54, 1.807) is 6.92 Å². The van der Waals surface area contributed by atoms with Gasteiger partial charge in [0.25, 0.3) is 0 Å². The highest BCUT2D eigenvalue weighted by molar-refractivity contribution is 5.92. The Morgan fingerprint density at radius 2 is 1.64 bits per heavy atom. The van der Waals surface area contributed by atoms with Crippen LogP contribution in [0.1, 0.15) is 29.5 Å². The Kier molecular flexibility index (Phi) is 3.80. The molecule has 3 rings (SSSR count). The third-order valence-electron chi connectivity index (χ3n) is 3.84. The van der Waals surface area contributed by atoms with Gasteiger partial charge in [-0.05, 0) is 48.6 Å². The average molecular weight is 297 g/mol. The number of rotatable bonds is 2. The van der Waals surface area contributed by atoms with Gasteiger partial charge in [0.15, 0.2) is 0 Å². The van der Waals surface area contributed by atoms with Crippen molar-refractivity contribution in [3.8, 4) is 0 Å². The van der Waals surface area contributed by atoms with Crippen LogP contribution in [0.15, 0.2) is 54.7 Å². The van der Waals surface area contributed by atoms with E-state index in [4.69, 9.17) is 0 Å². The molecule has 0 saturated carbocycles. The van der Waals surface area contributed by atoms with Crippen molar-refractivity contribution in [1.29, 1.82) is 0 Å². The van der Waals surface area contributed by atoms with Gasteiger partial charge in [0.1, 0.15) is 11.6 Å². The summed E-state index contributed by atoms with van der Waals surface area (Å²) in [6.45, 7) is 5.58. The molecular formula is C19H17F2N. The largest absolute Gasteiger partial charge is 0.359 e. The molecule has 0 fully saturated rings. The van der Waals surface area contributed by atoms with Gasteiger partial charge in [0.05, 0.1) is 11.3 Å². The Labute approximate surface area is 129 Å². The van der Waals surface area contributed by atoms with Crippen molar-refractivity contribution in [2.45, 2.75) is 19.8 Å². The van der Waals surface area contributed by atoms with E-state index in [2.05, 4.69) is 11.9 Å². The number of halogens is 2. The van der Waals surface area contributed by atoms with Crippen molar-refractivity contribution in [3.63, 3.8) is 0 Å². The molecule has 1 heterocycles. The fourth-order valence-corrected chi connectivity index (χ4v) is 2.80. The lowest BCUT2D eigenvalue weighted by atomic mass is 9.91. The van der Waals surface area contributed by atoms with Crippen LogP contribution >= 0.6 is 0 Å². The van der Waals surface area contributed by atoms with Crippen LogP contribution in [-0.2, 0) is 0 Å². The summed E-state index contributed by atoms with van der Waals surface area (Å²) in [6.07, 6.45) is 1.46. The van der Waals surface area contributed by atoms with E-state index in [0.717, 1.165) is 23.3 Å². The van der Waals surface area contributed by atoms with Crippen LogP contribution in [-0.4, -0.2) is 0 Å². The summed E-state index contributed by atoms with van der Waals surface area (Å²) in [5.41, 5.74) is 3.69. The smallest absolute Gasteiger partial charge is 0.135 e. The second kappa shape index (κ2) is 5.76. The second-order valence-electron chi connectivity index (χ2n) is 5.55.